The van der Waals surface area contributed by atoms with Crippen LogP contribution < -0.4 is 14.9 Å². The van der Waals surface area contributed by atoms with Crippen molar-refractivity contribution in [2.45, 2.75) is 0 Å². The van der Waals surface area contributed by atoms with E-state index in [9.17, 15) is 4.79 Å². The second-order valence-corrected chi connectivity index (χ2v) is 5.08. The van der Waals surface area contributed by atoms with Gasteiger partial charge >= 0.3 is 0 Å². The van der Waals surface area contributed by atoms with E-state index < -0.39 is 0 Å². The highest BCUT2D eigenvalue weighted by Gasteiger charge is 2.11. The Morgan fingerprint density at radius 2 is 1.96 bits per heavy atom. The van der Waals surface area contributed by atoms with E-state index in [0.29, 0.717) is 11.4 Å². The summed E-state index contributed by atoms with van der Waals surface area (Å²) in [4.78, 5) is 15.3. The molecule has 6 heteroatoms. The molecule has 6 nitrogen and oxygen atoms in total. The van der Waals surface area contributed by atoms with E-state index in [4.69, 9.17) is 9.47 Å². The fourth-order valence-corrected chi connectivity index (χ4v) is 2.38. The number of amides is 1. The molecule has 0 aliphatic heterocycles. The van der Waals surface area contributed by atoms with Gasteiger partial charge in [-0.05, 0) is 35.9 Å². The number of hydrogen-bond acceptors (Lipinski definition) is 4. The van der Waals surface area contributed by atoms with Crippen molar-refractivity contribution in [3.05, 3.63) is 59.8 Å². The van der Waals surface area contributed by atoms with E-state index in [-0.39, 0.29) is 5.91 Å². The Kier molecular flexibility index (Phi) is 4.47. The second kappa shape index (κ2) is 6.87. The van der Waals surface area contributed by atoms with Crippen molar-refractivity contribution < 1.29 is 14.3 Å². The third kappa shape index (κ3) is 3.22. The van der Waals surface area contributed by atoms with Crippen LogP contribution in [0.15, 0.2) is 53.6 Å². The standard InChI is InChI=1S/C18H17N3O3/c1-23-13-6-3-5-12(9-13)11-19-21-18(22)16-10-14-15(20-16)7-4-8-17(14)24-2/h3-11,20H,1-2H3,(H,21,22)/b19-11+. The molecule has 0 saturated carbocycles. The lowest BCUT2D eigenvalue weighted by molar-refractivity contribution is 0.0951. The molecular formula is C18H17N3O3. The quantitative estimate of drug-likeness (QED) is 0.560. The van der Waals surface area contributed by atoms with Gasteiger partial charge < -0.3 is 14.5 Å². The molecule has 0 bridgehead atoms. The molecule has 2 aromatic carbocycles. The molecule has 0 saturated heterocycles. The average molecular weight is 323 g/mol. The van der Waals surface area contributed by atoms with Crippen LogP contribution >= 0.6 is 0 Å². The Hall–Kier alpha value is -3.28. The topological polar surface area (TPSA) is 75.7 Å². The minimum Gasteiger partial charge on any atom is -0.497 e. The summed E-state index contributed by atoms with van der Waals surface area (Å²) in [5.41, 5.74) is 4.57. The van der Waals surface area contributed by atoms with Gasteiger partial charge in [0.25, 0.3) is 5.91 Å². The predicted octanol–water partition coefficient (Wildman–Crippen LogP) is 2.95. The molecule has 0 aliphatic carbocycles. The Labute approximate surface area is 139 Å². The largest absolute Gasteiger partial charge is 0.497 e. The van der Waals surface area contributed by atoms with Crippen LogP contribution in [0.1, 0.15) is 16.1 Å². The molecule has 1 heterocycles. The number of rotatable bonds is 5. The van der Waals surface area contributed by atoms with Gasteiger partial charge in [-0.25, -0.2) is 5.43 Å². The van der Waals surface area contributed by atoms with Crippen molar-refractivity contribution in [3.63, 3.8) is 0 Å². The van der Waals surface area contributed by atoms with Gasteiger partial charge in [0.05, 0.1) is 20.4 Å². The number of fused-ring (bicyclic) bond motifs is 1. The summed E-state index contributed by atoms with van der Waals surface area (Å²) >= 11 is 0. The number of aromatic nitrogens is 1. The fourth-order valence-electron chi connectivity index (χ4n) is 2.38. The SMILES string of the molecule is COc1cccc(/C=N/NC(=O)c2cc3c(OC)cccc3[nH]2)c1. The van der Waals surface area contributed by atoms with Crippen LogP contribution in [0.4, 0.5) is 0 Å². The number of benzene rings is 2. The molecule has 0 fully saturated rings. The summed E-state index contributed by atoms with van der Waals surface area (Å²) in [6.07, 6.45) is 1.56. The van der Waals surface area contributed by atoms with Gasteiger partial charge in [0.1, 0.15) is 17.2 Å². The van der Waals surface area contributed by atoms with Gasteiger partial charge in [0.15, 0.2) is 0 Å². The minimum absolute atomic E-state index is 0.326. The highest BCUT2D eigenvalue weighted by molar-refractivity contribution is 6.00. The molecule has 0 spiro atoms. The molecule has 2 N–H and O–H groups in total. The number of hydrogen-bond donors (Lipinski definition) is 2. The monoisotopic (exact) mass is 323 g/mol. The Balaban J connectivity index is 1.74. The number of H-pyrrole nitrogens is 1. The van der Waals surface area contributed by atoms with Crippen LogP contribution in [0, 0.1) is 0 Å². The molecule has 1 aromatic heterocycles. The van der Waals surface area contributed by atoms with Crippen molar-refractivity contribution in [3.8, 4) is 11.5 Å². The maximum absolute atomic E-state index is 12.2. The zero-order valence-corrected chi connectivity index (χ0v) is 13.4. The number of hydrazone groups is 1. The zero-order chi connectivity index (χ0) is 16.9. The summed E-state index contributed by atoms with van der Waals surface area (Å²) in [5.74, 6) is 1.11. The maximum atomic E-state index is 12.2. The highest BCUT2D eigenvalue weighted by atomic mass is 16.5. The molecule has 1 amide bonds. The number of nitrogens with zero attached hydrogens (tertiary/aromatic N) is 1. The second-order valence-electron chi connectivity index (χ2n) is 5.08. The number of aromatic amines is 1. The average Bonchev–Trinajstić information content (AvgIpc) is 3.06. The van der Waals surface area contributed by atoms with Crippen LogP contribution in [0.3, 0.4) is 0 Å². The Bertz CT molecular complexity index is 899. The van der Waals surface area contributed by atoms with Gasteiger partial charge in [-0.1, -0.05) is 18.2 Å². The van der Waals surface area contributed by atoms with Crippen molar-refractivity contribution in [2.24, 2.45) is 5.10 Å². The lowest BCUT2D eigenvalue weighted by Crippen LogP contribution is -2.17. The van der Waals surface area contributed by atoms with Gasteiger partial charge in [-0.3, -0.25) is 4.79 Å². The van der Waals surface area contributed by atoms with E-state index in [1.807, 2.05) is 42.5 Å². The molecule has 122 valence electrons. The lowest BCUT2D eigenvalue weighted by atomic mass is 10.2. The summed E-state index contributed by atoms with van der Waals surface area (Å²) in [5, 5.41) is 4.82. The Morgan fingerprint density at radius 3 is 2.75 bits per heavy atom. The summed E-state index contributed by atoms with van der Waals surface area (Å²) in [7, 11) is 3.20. The molecule has 0 radical (unpaired) electrons. The van der Waals surface area contributed by atoms with Gasteiger partial charge in [-0.2, -0.15) is 5.10 Å². The van der Waals surface area contributed by atoms with E-state index in [0.717, 1.165) is 22.2 Å². The molecular weight excluding hydrogens is 306 g/mol. The lowest BCUT2D eigenvalue weighted by Gasteiger charge is -2.00. The first kappa shape index (κ1) is 15.6. The normalized spacial score (nSPS) is 10.9. The first-order chi connectivity index (χ1) is 11.7. The van der Waals surface area contributed by atoms with Crippen LogP contribution in [0.2, 0.25) is 0 Å². The molecule has 0 unspecified atom stereocenters. The molecule has 3 rings (SSSR count). The smallest absolute Gasteiger partial charge is 0.287 e. The number of carbonyl (C=O) groups is 1. The van der Waals surface area contributed by atoms with E-state index in [1.54, 1.807) is 26.5 Å². The van der Waals surface area contributed by atoms with Crippen molar-refractivity contribution in [2.75, 3.05) is 14.2 Å². The number of methoxy groups -OCH3 is 2. The van der Waals surface area contributed by atoms with Crippen LogP contribution in [0.5, 0.6) is 11.5 Å². The minimum atomic E-state index is -0.326. The number of nitrogens with one attached hydrogen (secondary N) is 2. The van der Waals surface area contributed by atoms with Gasteiger partial charge in [-0.15, -0.1) is 0 Å². The summed E-state index contributed by atoms with van der Waals surface area (Å²) in [6.45, 7) is 0. The number of ether oxygens (including phenoxy) is 2. The first-order valence-electron chi connectivity index (χ1n) is 7.34. The first-order valence-corrected chi connectivity index (χ1v) is 7.34. The maximum Gasteiger partial charge on any atom is 0.287 e. The van der Waals surface area contributed by atoms with Gasteiger partial charge in [0.2, 0.25) is 0 Å². The van der Waals surface area contributed by atoms with E-state index in [1.165, 1.54) is 0 Å². The van der Waals surface area contributed by atoms with Crippen molar-refractivity contribution >= 4 is 23.0 Å². The third-order valence-electron chi connectivity index (χ3n) is 3.56. The predicted molar refractivity (Wildman–Crippen MR) is 92.9 cm³/mol. The zero-order valence-electron chi connectivity index (χ0n) is 13.4. The molecule has 24 heavy (non-hydrogen) atoms. The molecule has 3 aromatic rings. The third-order valence-corrected chi connectivity index (χ3v) is 3.56. The van der Waals surface area contributed by atoms with Crippen molar-refractivity contribution in [1.82, 2.24) is 10.4 Å². The van der Waals surface area contributed by atoms with Gasteiger partial charge in [0, 0.05) is 10.9 Å². The fraction of sp³-hybridized carbons (Fsp3) is 0.111. The number of carbonyl (C=O) groups excluding carboxylic acids is 1. The Morgan fingerprint density at radius 1 is 1.12 bits per heavy atom. The highest BCUT2D eigenvalue weighted by Crippen LogP contribution is 2.25. The van der Waals surface area contributed by atoms with Crippen LogP contribution in [0.25, 0.3) is 10.9 Å². The summed E-state index contributed by atoms with van der Waals surface area (Å²) < 4.78 is 10.4. The van der Waals surface area contributed by atoms with Crippen LogP contribution in [-0.2, 0) is 0 Å². The van der Waals surface area contributed by atoms with Crippen LogP contribution in [-0.4, -0.2) is 31.3 Å². The van der Waals surface area contributed by atoms with E-state index in [2.05, 4.69) is 15.5 Å². The van der Waals surface area contributed by atoms with E-state index >= 15 is 0 Å². The molecule has 0 aliphatic rings. The summed E-state index contributed by atoms with van der Waals surface area (Å²) in [6, 6.07) is 14.7. The van der Waals surface area contributed by atoms with Crippen molar-refractivity contribution in [1.29, 1.82) is 0 Å². The molecule has 0 atom stereocenters.